The van der Waals surface area contributed by atoms with Crippen LogP contribution < -0.4 is 10.5 Å². The van der Waals surface area contributed by atoms with Gasteiger partial charge in [-0.05, 0) is 36.8 Å². The van der Waals surface area contributed by atoms with Crippen molar-refractivity contribution in [2.75, 3.05) is 12.8 Å². The lowest BCUT2D eigenvalue weighted by molar-refractivity contribution is 0.399. The van der Waals surface area contributed by atoms with Gasteiger partial charge in [-0.15, -0.1) is 0 Å². The lowest BCUT2D eigenvalue weighted by Gasteiger charge is -2.08. The number of rotatable bonds is 2. The Morgan fingerprint density at radius 2 is 2.00 bits per heavy atom. The number of hydrogen-bond donors (Lipinski definition) is 1. The molecule has 0 bridgehead atoms. The predicted octanol–water partition coefficient (Wildman–Crippen LogP) is 3.08. The van der Waals surface area contributed by atoms with Crippen LogP contribution in [0.5, 0.6) is 5.88 Å². The van der Waals surface area contributed by atoms with E-state index in [2.05, 4.69) is 25.9 Å². The number of methoxy groups -OCH3 is 1. The van der Waals surface area contributed by atoms with Crippen molar-refractivity contribution in [3.05, 3.63) is 40.4 Å². The molecule has 6 heteroatoms. The summed E-state index contributed by atoms with van der Waals surface area (Å²) >= 11 is 3.50. The lowest BCUT2D eigenvalue weighted by atomic mass is 10.2. The Kier molecular flexibility index (Phi) is 3.10. The van der Waals surface area contributed by atoms with Gasteiger partial charge in [-0.25, -0.2) is 4.98 Å². The highest BCUT2D eigenvalue weighted by molar-refractivity contribution is 9.10. The second-order valence-corrected chi connectivity index (χ2v) is 5.40. The third-order valence-corrected chi connectivity index (χ3v) is 3.46. The van der Waals surface area contributed by atoms with Crippen molar-refractivity contribution in [1.29, 1.82) is 0 Å². The summed E-state index contributed by atoms with van der Waals surface area (Å²) in [7, 11) is 1.58. The molecule has 2 N–H and O–H groups in total. The van der Waals surface area contributed by atoms with Crippen LogP contribution in [0.4, 0.5) is 5.95 Å². The molecular weight excluding hydrogens is 320 g/mol. The zero-order valence-electron chi connectivity index (χ0n) is 11.1. The normalized spacial score (nSPS) is 10.9. The fraction of sp³-hybridized carbons (Fsp3) is 0.143. The number of nitrogens with zero attached hydrogens (tertiary/aromatic N) is 3. The number of pyridine rings is 1. The van der Waals surface area contributed by atoms with E-state index in [1.807, 2.05) is 35.8 Å². The van der Waals surface area contributed by atoms with Crippen LogP contribution in [0, 0.1) is 6.92 Å². The number of benzene rings is 1. The van der Waals surface area contributed by atoms with E-state index in [1.54, 1.807) is 13.2 Å². The van der Waals surface area contributed by atoms with E-state index in [-0.39, 0.29) is 0 Å². The van der Waals surface area contributed by atoms with Gasteiger partial charge in [0, 0.05) is 10.5 Å². The molecule has 0 radical (unpaired) electrons. The summed E-state index contributed by atoms with van der Waals surface area (Å²) in [4.78, 5) is 8.76. The van der Waals surface area contributed by atoms with E-state index in [4.69, 9.17) is 10.5 Å². The van der Waals surface area contributed by atoms with Gasteiger partial charge in [0.1, 0.15) is 5.52 Å². The number of aromatic nitrogens is 3. The molecule has 1 aromatic carbocycles. The Hall–Kier alpha value is -2.08. The van der Waals surface area contributed by atoms with Gasteiger partial charge in [-0.3, -0.25) is 4.57 Å². The summed E-state index contributed by atoms with van der Waals surface area (Å²) in [5, 5.41) is 0. The second kappa shape index (κ2) is 4.79. The van der Waals surface area contributed by atoms with Crippen molar-refractivity contribution >= 4 is 33.0 Å². The maximum absolute atomic E-state index is 6.03. The number of fused-ring (bicyclic) bond motifs is 1. The highest BCUT2D eigenvalue weighted by Gasteiger charge is 2.13. The number of ether oxygens (including phenoxy) is 1. The molecule has 102 valence electrons. The first-order valence-corrected chi connectivity index (χ1v) is 6.84. The zero-order chi connectivity index (χ0) is 14.3. The van der Waals surface area contributed by atoms with Crippen LogP contribution in [0.15, 0.2) is 34.8 Å². The number of imidazole rings is 1. The Morgan fingerprint density at radius 1 is 1.20 bits per heavy atom. The molecule has 20 heavy (non-hydrogen) atoms. The van der Waals surface area contributed by atoms with Crippen molar-refractivity contribution in [2.24, 2.45) is 0 Å². The molecule has 2 aromatic heterocycles. The van der Waals surface area contributed by atoms with Crippen LogP contribution in [-0.2, 0) is 0 Å². The zero-order valence-corrected chi connectivity index (χ0v) is 12.7. The van der Waals surface area contributed by atoms with E-state index < -0.39 is 0 Å². The van der Waals surface area contributed by atoms with Gasteiger partial charge >= 0.3 is 0 Å². The van der Waals surface area contributed by atoms with Crippen LogP contribution >= 0.6 is 15.9 Å². The molecule has 0 saturated carbocycles. The first kappa shape index (κ1) is 12.9. The van der Waals surface area contributed by atoms with Gasteiger partial charge < -0.3 is 10.5 Å². The van der Waals surface area contributed by atoms with E-state index in [9.17, 15) is 0 Å². The number of halogens is 1. The average molecular weight is 333 g/mol. The smallest absolute Gasteiger partial charge is 0.215 e. The summed E-state index contributed by atoms with van der Waals surface area (Å²) in [5.74, 6) is 0.934. The summed E-state index contributed by atoms with van der Waals surface area (Å²) in [6, 6.07) is 9.66. The Balaban J connectivity index is 2.31. The van der Waals surface area contributed by atoms with Gasteiger partial charge in [0.05, 0.1) is 12.8 Å². The predicted molar refractivity (Wildman–Crippen MR) is 82.3 cm³/mol. The largest absolute Gasteiger partial charge is 0.481 e. The number of hydrogen-bond acceptors (Lipinski definition) is 4. The van der Waals surface area contributed by atoms with Crippen molar-refractivity contribution in [3.63, 3.8) is 0 Å². The first-order chi connectivity index (χ1) is 9.58. The highest BCUT2D eigenvalue weighted by Crippen LogP contribution is 2.26. The van der Waals surface area contributed by atoms with Crippen LogP contribution in [0.1, 0.15) is 5.56 Å². The van der Waals surface area contributed by atoms with Crippen LogP contribution in [0.2, 0.25) is 0 Å². The molecule has 0 saturated heterocycles. The summed E-state index contributed by atoms with van der Waals surface area (Å²) in [6.45, 7) is 2.03. The number of nitrogen functional groups attached to an aromatic ring is 1. The summed E-state index contributed by atoms with van der Waals surface area (Å²) in [5.41, 5.74) is 9.49. The fourth-order valence-corrected chi connectivity index (χ4v) is 2.77. The minimum Gasteiger partial charge on any atom is -0.481 e. The molecule has 0 aliphatic heterocycles. The molecule has 0 amide bonds. The van der Waals surface area contributed by atoms with Gasteiger partial charge in [0.15, 0.2) is 5.65 Å². The van der Waals surface area contributed by atoms with Crippen LogP contribution in [-0.4, -0.2) is 21.6 Å². The van der Waals surface area contributed by atoms with E-state index in [0.717, 1.165) is 21.2 Å². The third-order valence-electron chi connectivity index (χ3n) is 3.00. The monoisotopic (exact) mass is 332 g/mol. The van der Waals surface area contributed by atoms with Crippen molar-refractivity contribution < 1.29 is 4.74 Å². The van der Waals surface area contributed by atoms with Gasteiger partial charge in [-0.2, -0.15) is 4.98 Å². The van der Waals surface area contributed by atoms with Crippen molar-refractivity contribution in [2.45, 2.75) is 6.92 Å². The molecule has 3 rings (SSSR count). The van der Waals surface area contributed by atoms with Crippen molar-refractivity contribution in [1.82, 2.24) is 14.5 Å². The molecule has 0 unspecified atom stereocenters. The maximum atomic E-state index is 6.03. The summed E-state index contributed by atoms with van der Waals surface area (Å²) in [6.07, 6.45) is 0. The number of nitrogens with two attached hydrogens (primary N) is 1. The molecule has 0 aliphatic carbocycles. The topological polar surface area (TPSA) is 66.0 Å². The minimum atomic E-state index is 0.401. The molecule has 5 nitrogen and oxygen atoms in total. The molecular formula is C14H13BrN4O. The maximum Gasteiger partial charge on any atom is 0.215 e. The molecule has 3 aromatic rings. The van der Waals surface area contributed by atoms with E-state index >= 15 is 0 Å². The lowest BCUT2D eigenvalue weighted by Crippen LogP contribution is -2.02. The van der Waals surface area contributed by atoms with Crippen LogP contribution in [0.25, 0.3) is 16.9 Å². The Morgan fingerprint density at radius 3 is 2.70 bits per heavy atom. The van der Waals surface area contributed by atoms with Crippen molar-refractivity contribution in [3.8, 4) is 11.6 Å². The van der Waals surface area contributed by atoms with Gasteiger partial charge in [0.25, 0.3) is 0 Å². The minimum absolute atomic E-state index is 0.401. The number of anilines is 1. The highest BCUT2D eigenvalue weighted by atomic mass is 79.9. The molecule has 0 fully saturated rings. The average Bonchev–Trinajstić information content (AvgIpc) is 2.72. The van der Waals surface area contributed by atoms with Gasteiger partial charge in [-0.1, -0.05) is 15.9 Å². The first-order valence-electron chi connectivity index (χ1n) is 6.05. The molecule has 0 atom stereocenters. The quantitative estimate of drug-likeness (QED) is 0.783. The molecule has 0 spiro atoms. The molecule has 2 heterocycles. The van der Waals surface area contributed by atoms with E-state index in [0.29, 0.717) is 17.5 Å². The van der Waals surface area contributed by atoms with Gasteiger partial charge in [0.2, 0.25) is 11.8 Å². The SMILES string of the molecule is COc1ccc2nc(N)n(-c3cc(C)cc(Br)c3)c2n1. The second-order valence-electron chi connectivity index (χ2n) is 4.49. The Labute approximate surface area is 124 Å². The number of aryl methyl sites for hydroxylation is 1. The fourth-order valence-electron chi connectivity index (χ4n) is 2.17. The van der Waals surface area contributed by atoms with Crippen LogP contribution in [0.3, 0.4) is 0 Å². The third kappa shape index (κ3) is 2.12. The van der Waals surface area contributed by atoms with E-state index in [1.165, 1.54) is 0 Å². The molecule has 0 aliphatic rings. The Bertz CT molecular complexity index is 777. The summed E-state index contributed by atoms with van der Waals surface area (Å²) < 4.78 is 7.97. The standard InChI is InChI=1S/C14H13BrN4O/c1-8-5-9(15)7-10(6-8)19-13-11(17-14(19)16)3-4-12(18-13)20-2/h3-7H,1-2H3,(H2,16,17).